The lowest BCUT2D eigenvalue weighted by atomic mass is 10.0. The second-order valence-electron chi connectivity index (χ2n) is 5.86. The lowest BCUT2D eigenvalue weighted by molar-refractivity contribution is 0.478. The normalized spacial score (nSPS) is 12.7. The van der Waals surface area contributed by atoms with E-state index in [0.29, 0.717) is 6.04 Å². The van der Waals surface area contributed by atoms with E-state index >= 15 is 0 Å². The first-order valence-electron chi connectivity index (χ1n) is 8.75. The van der Waals surface area contributed by atoms with Gasteiger partial charge in [-0.1, -0.05) is 71.6 Å². The molecular weight excluding hydrogens is 342 g/mol. The summed E-state index contributed by atoms with van der Waals surface area (Å²) in [5.74, 6) is 0. The third-order valence-electron chi connectivity index (χ3n) is 4.01. The molecule has 0 amide bonds. The van der Waals surface area contributed by atoms with Crippen molar-refractivity contribution >= 4 is 27.3 Å². The predicted octanol–water partition coefficient (Wildman–Crippen LogP) is 7.08. The fraction of sp³-hybridized carbons (Fsp3) is 0.778. The fourth-order valence-electron chi connectivity index (χ4n) is 2.79. The van der Waals surface area contributed by atoms with Crippen molar-refractivity contribution in [3.05, 3.63) is 20.8 Å². The predicted molar refractivity (Wildman–Crippen MR) is 100 cm³/mol. The number of thiophene rings is 1. The zero-order valence-corrected chi connectivity index (χ0v) is 16.2. The Kier molecular flexibility index (Phi) is 11.6. The molecule has 3 heteroatoms. The Morgan fingerprint density at radius 3 is 2.14 bits per heavy atom. The summed E-state index contributed by atoms with van der Waals surface area (Å²) in [6.45, 7) is 5.53. The van der Waals surface area contributed by atoms with Crippen molar-refractivity contribution < 1.29 is 0 Å². The molecule has 0 aliphatic rings. The third-order valence-corrected chi connectivity index (χ3v) is 5.99. The van der Waals surface area contributed by atoms with Gasteiger partial charge in [0.25, 0.3) is 0 Å². The van der Waals surface area contributed by atoms with Crippen LogP contribution in [0.25, 0.3) is 0 Å². The van der Waals surface area contributed by atoms with Crippen molar-refractivity contribution in [2.45, 2.75) is 84.1 Å². The molecule has 0 bridgehead atoms. The van der Waals surface area contributed by atoms with Gasteiger partial charge in [-0.25, -0.2) is 0 Å². The highest BCUT2D eigenvalue weighted by Gasteiger charge is 2.14. The summed E-state index contributed by atoms with van der Waals surface area (Å²) < 4.78 is 1.27. The van der Waals surface area contributed by atoms with Crippen LogP contribution in [0.4, 0.5) is 0 Å². The molecule has 1 heterocycles. The second-order valence-corrected chi connectivity index (χ2v) is 7.66. The number of unbranched alkanes of at least 4 members (excludes halogenated alkanes) is 8. The molecule has 0 aromatic carbocycles. The van der Waals surface area contributed by atoms with Gasteiger partial charge in [0.2, 0.25) is 0 Å². The van der Waals surface area contributed by atoms with Crippen molar-refractivity contribution in [3.63, 3.8) is 0 Å². The molecule has 0 spiro atoms. The maximum absolute atomic E-state index is 3.67. The van der Waals surface area contributed by atoms with Crippen molar-refractivity contribution in [2.24, 2.45) is 0 Å². The van der Waals surface area contributed by atoms with Crippen LogP contribution in [-0.4, -0.2) is 6.54 Å². The molecule has 1 nitrogen and oxygen atoms in total. The molecule has 21 heavy (non-hydrogen) atoms. The largest absolute Gasteiger partial charge is 0.309 e. The van der Waals surface area contributed by atoms with E-state index in [1.807, 2.05) is 11.3 Å². The highest BCUT2D eigenvalue weighted by atomic mass is 79.9. The highest BCUT2D eigenvalue weighted by molar-refractivity contribution is 9.10. The number of hydrogen-bond donors (Lipinski definition) is 1. The maximum atomic E-state index is 3.67. The van der Waals surface area contributed by atoms with Crippen LogP contribution >= 0.6 is 27.3 Å². The molecule has 1 atom stereocenters. The van der Waals surface area contributed by atoms with Crippen LogP contribution in [0.15, 0.2) is 15.9 Å². The van der Waals surface area contributed by atoms with Crippen LogP contribution < -0.4 is 5.32 Å². The summed E-state index contributed by atoms with van der Waals surface area (Å²) in [5.41, 5.74) is 0. The van der Waals surface area contributed by atoms with Gasteiger partial charge in [0.05, 0.1) is 0 Å². The average molecular weight is 374 g/mol. The van der Waals surface area contributed by atoms with E-state index in [1.165, 1.54) is 73.6 Å². The van der Waals surface area contributed by atoms with Crippen molar-refractivity contribution in [1.82, 2.24) is 5.32 Å². The van der Waals surface area contributed by atoms with E-state index in [1.54, 1.807) is 0 Å². The number of nitrogens with one attached hydrogen (secondary N) is 1. The van der Waals surface area contributed by atoms with E-state index in [0.717, 1.165) is 6.54 Å². The van der Waals surface area contributed by atoms with Gasteiger partial charge in [-0.2, -0.15) is 0 Å². The third kappa shape index (κ3) is 8.37. The minimum absolute atomic E-state index is 0.536. The number of rotatable bonds is 13. The molecular formula is C18H32BrNS. The molecule has 0 saturated heterocycles. The molecule has 1 rings (SSSR count). The van der Waals surface area contributed by atoms with Gasteiger partial charge in [0, 0.05) is 15.4 Å². The van der Waals surface area contributed by atoms with Gasteiger partial charge in [0.15, 0.2) is 0 Å². The summed E-state index contributed by atoms with van der Waals surface area (Å²) in [6, 6.07) is 2.70. The SMILES string of the molecule is CCCCCCCCCCCC(NCC)c1sccc1Br. The van der Waals surface area contributed by atoms with Gasteiger partial charge in [0.1, 0.15) is 0 Å². The summed E-state index contributed by atoms with van der Waals surface area (Å²) in [5, 5.41) is 5.81. The van der Waals surface area contributed by atoms with E-state index in [9.17, 15) is 0 Å². The van der Waals surface area contributed by atoms with Crippen LogP contribution in [0.5, 0.6) is 0 Å². The standard InChI is InChI=1S/C18H32BrNS/c1-3-5-6-7-8-9-10-11-12-13-17(20-4-2)18-16(19)14-15-21-18/h14-15,17,20H,3-13H2,1-2H3. The fourth-order valence-corrected chi connectivity index (χ4v) is 4.55. The Morgan fingerprint density at radius 2 is 1.62 bits per heavy atom. The summed E-state index contributed by atoms with van der Waals surface area (Å²) in [7, 11) is 0. The van der Waals surface area contributed by atoms with Crippen molar-refractivity contribution in [1.29, 1.82) is 0 Å². The van der Waals surface area contributed by atoms with Gasteiger partial charge in [-0.15, -0.1) is 11.3 Å². The Bertz CT molecular complexity index is 351. The van der Waals surface area contributed by atoms with E-state index in [4.69, 9.17) is 0 Å². The van der Waals surface area contributed by atoms with Crippen molar-refractivity contribution in [3.8, 4) is 0 Å². The van der Waals surface area contributed by atoms with Crippen LogP contribution in [-0.2, 0) is 0 Å². The molecule has 122 valence electrons. The lowest BCUT2D eigenvalue weighted by Crippen LogP contribution is -2.20. The van der Waals surface area contributed by atoms with E-state index < -0.39 is 0 Å². The summed E-state index contributed by atoms with van der Waals surface area (Å²) in [4.78, 5) is 1.47. The minimum atomic E-state index is 0.536. The molecule has 0 aliphatic carbocycles. The van der Waals surface area contributed by atoms with Gasteiger partial charge in [-0.3, -0.25) is 0 Å². The van der Waals surface area contributed by atoms with E-state index in [2.05, 4.69) is 46.5 Å². The number of halogens is 1. The zero-order valence-electron chi connectivity index (χ0n) is 13.8. The topological polar surface area (TPSA) is 12.0 Å². The first kappa shape index (κ1) is 19.2. The molecule has 0 radical (unpaired) electrons. The lowest BCUT2D eigenvalue weighted by Gasteiger charge is -2.17. The Hall–Kier alpha value is 0.140. The Labute approximate surface area is 144 Å². The molecule has 0 aliphatic heterocycles. The monoisotopic (exact) mass is 373 g/mol. The molecule has 1 aromatic heterocycles. The first-order valence-corrected chi connectivity index (χ1v) is 10.4. The molecule has 1 N–H and O–H groups in total. The Balaban J connectivity index is 2.10. The molecule has 0 fully saturated rings. The van der Waals surface area contributed by atoms with E-state index in [-0.39, 0.29) is 0 Å². The van der Waals surface area contributed by atoms with Crippen LogP contribution in [0.1, 0.15) is 89.0 Å². The quantitative estimate of drug-likeness (QED) is 0.364. The minimum Gasteiger partial charge on any atom is -0.309 e. The van der Waals surface area contributed by atoms with Crippen LogP contribution in [0.2, 0.25) is 0 Å². The second kappa shape index (κ2) is 12.7. The van der Waals surface area contributed by atoms with Crippen LogP contribution in [0.3, 0.4) is 0 Å². The maximum Gasteiger partial charge on any atom is 0.0426 e. The average Bonchev–Trinajstić information content (AvgIpc) is 2.90. The van der Waals surface area contributed by atoms with Gasteiger partial charge in [-0.05, 0) is 40.3 Å². The van der Waals surface area contributed by atoms with Gasteiger partial charge < -0.3 is 5.32 Å². The molecule has 1 unspecified atom stereocenters. The van der Waals surface area contributed by atoms with Crippen molar-refractivity contribution in [2.75, 3.05) is 6.54 Å². The molecule has 1 aromatic rings. The number of hydrogen-bond acceptors (Lipinski definition) is 2. The van der Waals surface area contributed by atoms with Crippen LogP contribution in [0, 0.1) is 0 Å². The smallest absolute Gasteiger partial charge is 0.0426 e. The first-order chi connectivity index (χ1) is 10.3. The summed E-state index contributed by atoms with van der Waals surface area (Å²) in [6.07, 6.45) is 13.9. The highest BCUT2D eigenvalue weighted by Crippen LogP contribution is 2.32. The molecule has 0 saturated carbocycles. The zero-order chi connectivity index (χ0) is 15.3. The van der Waals surface area contributed by atoms with Gasteiger partial charge >= 0.3 is 0 Å². The Morgan fingerprint density at radius 1 is 1.00 bits per heavy atom. The summed E-state index contributed by atoms with van der Waals surface area (Å²) >= 11 is 5.54.